The van der Waals surface area contributed by atoms with Crippen LogP contribution in [0.15, 0.2) is 89.9 Å². The van der Waals surface area contributed by atoms with Crippen molar-refractivity contribution in [3.8, 4) is 28.5 Å². The number of hydrogen-bond donors (Lipinski definition) is 1. The van der Waals surface area contributed by atoms with Gasteiger partial charge < -0.3 is 19.0 Å². The summed E-state index contributed by atoms with van der Waals surface area (Å²) in [6, 6.07) is 20.2. The van der Waals surface area contributed by atoms with Gasteiger partial charge in [-0.3, -0.25) is 4.79 Å². The van der Waals surface area contributed by atoms with Crippen LogP contribution in [-0.2, 0) is 0 Å². The molecule has 31 heavy (non-hydrogen) atoms. The first-order valence-corrected chi connectivity index (χ1v) is 9.35. The number of ketones is 1. The number of aromatic carboxylic acids is 1. The summed E-state index contributed by atoms with van der Waals surface area (Å²) in [4.78, 5) is 28.0. The maximum atomic E-state index is 12.6. The van der Waals surface area contributed by atoms with Crippen molar-refractivity contribution < 1.29 is 28.6 Å². The third-order valence-corrected chi connectivity index (χ3v) is 4.46. The predicted octanol–water partition coefficient (Wildman–Crippen LogP) is 5.09. The molecular weight excluding hydrogens is 398 g/mol. The van der Waals surface area contributed by atoms with Gasteiger partial charge in [0.05, 0.1) is 0 Å². The van der Waals surface area contributed by atoms with E-state index in [1.165, 1.54) is 24.8 Å². The molecule has 4 aromatic rings. The van der Waals surface area contributed by atoms with Gasteiger partial charge in [-0.1, -0.05) is 36.4 Å². The lowest BCUT2D eigenvalue weighted by Gasteiger charge is -2.11. The second-order valence-electron chi connectivity index (χ2n) is 6.51. The fourth-order valence-corrected chi connectivity index (χ4v) is 2.97. The Bertz CT molecular complexity index is 1220. The Labute approximate surface area is 177 Å². The normalized spacial score (nSPS) is 10.5. The number of carbonyl (C=O) groups is 2. The van der Waals surface area contributed by atoms with Crippen LogP contribution in [0.2, 0.25) is 0 Å². The molecule has 4 rings (SSSR count). The minimum absolute atomic E-state index is 0.00292. The summed E-state index contributed by atoms with van der Waals surface area (Å²) < 4.78 is 16.5. The highest BCUT2D eigenvalue weighted by atomic mass is 16.5. The Morgan fingerprint density at radius 3 is 2.48 bits per heavy atom. The molecule has 0 aliphatic carbocycles. The number of Topliss-reactive ketones (excluding diaryl/α,β-unsaturated/α-hetero) is 1. The summed E-state index contributed by atoms with van der Waals surface area (Å²) >= 11 is 0. The van der Waals surface area contributed by atoms with Crippen LogP contribution in [0.5, 0.6) is 17.2 Å². The third-order valence-electron chi connectivity index (χ3n) is 4.46. The molecule has 0 unspecified atom stereocenters. The van der Waals surface area contributed by atoms with Gasteiger partial charge in [0.25, 0.3) is 0 Å². The number of nitrogens with zero attached hydrogens (tertiary/aromatic N) is 1. The number of oxazole rings is 1. The molecule has 1 N–H and O–H groups in total. The molecule has 1 aromatic heterocycles. The summed E-state index contributed by atoms with van der Waals surface area (Å²) in [5.74, 6) is -0.266. The number of ether oxygens (including phenoxy) is 2. The minimum Gasteiger partial charge on any atom is -0.485 e. The van der Waals surface area contributed by atoms with E-state index in [1.807, 2.05) is 18.2 Å². The van der Waals surface area contributed by atoms with Gasteiger partial charge >= 0.3 is 5.97 Å². The monoisotopic (exact) mass is 415 g/mol. The largest absolute Gasteiger partial charge is 0.485 e. The molecule has 0 aliphatic rings. The van der Waals surface area contributed by atoms with Crippen molar-refractivity contribution in [3.05, 3.63) is 96.6 Å². The summed E-state index contributed by atoms with van der Waals surface area (Å²) in [6.45, 7) is -0.302. The van der Waals surface area contributed by atoms with Crippen LogP contribution >= 0.6 is 0 Å². The van der Waals surface area contributed by atoms with E-state index < -0.39 is 5.97 Å². The fraction of sp³-hybridized carbons (Fsp3) is 0.0417. The van der Waals surface area contributed by atoms with Crippen LogP contribution in [0, 0.1) is 0 Å². The van der Waals surface area contributed by atoms with Gasteiger partial charge in [0.15, 0.2) is 18.8 Å². The molecule has 7 heteroatoms. The first-order valence-electron chi connectivity index (χ1n) is 9.35. The van der Waals surface area contributed by atoms with Crippen LogP contribution in [0.1, 0.15) is 20.7 Å². The molecule has 0 bridgehead atoms. The topological polar surface area (TPSA) is 98.9 Å². The molecule has 0 fully saturated rings. The summed E-state index contributed by atoms with van der Waals surface area (Å²) in [6.07, 6.45) is 2.86. The number of rotatable bonds is 8. The van der Waals surface area contributed by atoms with Gasteiger partial charge in [0.1, 0.15) is 34.8 Å². The number of carbonyl (C=O) groups excluding carboxylic acids is 1. The lowest BCUT2D eigenvalue weighted by molar-refractivity contribution is 0.0689. The third kappa shape index (κ3) is 4.62. The molecule has 154 valence electrons. The van der Waals surface area contributed by atoms with Crippen LogP contribution in [0.4, 0.5) is 0 Å². The molecule has 0 aliphatic heterocycles. The Kier molecular flexibility index (Phi) is 5.75. The standard InChI is InChI=1S/C24H17NO6/c26-21(14-30-22-10-3-2-9-19(22)24(27)28)16-6-5-7-17(12-16)31-23-11-4-1-8-18(23)20-13-29-15-25-20/h1-13,15H,14H2,(H,27,28). The van der Waals surface area contributed by atoms with Crippen LogP contribution in [-0.4, -0.2) is 28.4 Å². The van der Waals surface area contributed by atoms with E-state index in [1.54, 1.807) is 42.5 Å². The second-order valence-corrected chi connectivity index (χ2v) is 6.51. The molecule has 1 heterocycles. The smallest absolute Gasteiger partial charge is 0.339 e. The zero-order chi connectivity index (χ0) is 21.6. The van der Waals surface area contributed by atoms with Gasteiger partial charge in [0, 0.05) is 11.1 Å². The first kappa shape index (κ1) is 19.9. The molecule has 0 spiro atoms. The number of carboxylic acid groups (broad SMARTS) is 1. The Morgan fingerprint density at radius 1 is 0.935 bits per heavy atom. The summed E-state index contributed by atoms with van der Waals surface area (Å²) in [5, 5.41) is 9.22. The van der Waals surface area contributed by atoms with E-state index in [2.05, 4.69) is 4.98 Å². The van der Waals surface area contributed by atoms with Gasteiger partial charge in [-0.05, 0) is 36.4 Å². The average Bonchev–Trinajstić information content (AvgIpc) is 3.33. The Balaban J connectivity index is 1.50. The van der Waals surface area contributed by atoms with Crippen molar-refractivity contribution in [2.45, 2.75) is 0 Å². The number of para-hydroxylation sites is 2. The Hall–Kier alpha value is -4.39. The quantitative estimate of drug-likeness (QED) is 0.400. The van der Waals surface area contributed by atoms with E-state index >= 15 is 0 Å². The van der Waals surface area contributed by atoms with Crippen molar-refractivity contribution in [2.24, 2.45) is 0 Å². The highest BCUT2D eigenvalue weighted by Crippen LogP contribution is 2.32. The van der Waals surface area contributed by atoms with Crippen LogP contribution < -0.4 is 9.47 Å². The lowest BCUT2D eigenvalue weighted by atomic mass is 10.1. The van der Waals surface area contributed by atoms with E-state index in [4.69, 9.17) is 13.9 Å². The molecule has 0 atom stereocenters. The van der Waals surface area contributed by atoms with Crippen molar-refractivity contribution in [3.63, 3.8) is 0 Å². The molecular formula is C24H17NO6. The SMILES string of the molecule is O=C(COc1ccccc1C(=O)O)c1cccc(Oc2ccccc2-c2cocn2)c1. The number of carboxylic acids is 1. The zero-order valence-electron chi connectivity index (χ0n) is 16.2. The average molecular weight is 415 g/mol. The number of hydrogen-bond acceptors (Lipinski definition) is 6. The molecule has 0 radical (unpaired) electrons. The summed E-state index contributed by atoms with van der Waals surface area (Å²) in [7, 11) is 0. The maximum absolute atomic E-state index is 12.6. The second kappa shape index (κ2) is 8.96. The van der Waals surface area contributed by atoms with Gasteiger partial charge in [-0.15, -0.1) is 0 Å². The first-order chi connectivity index (χ1) is 15.1. The van der Waals surface area contributed by atoms with E-state index in [0.717, 1.165) is 5.56 Å². The Morgan fingerprint density at radius 2 is 1.71 bits per heavy atom. The fourth-order valence-electron chi connectivity index (χ4n) is 2.97. The number of aromatic nitrogens is 1. The van der Waals surface area contributed by atoms with E-state index in [9.17, 15) is 14.7 Å². The predicted molar refractivity (Wildman–Crippen MR) is 112 cm³/mol. The van der Waals surface area contributed by atoms with Gasteiger partial charge in [-0.2, -0.15) is 0 Å². The highest BCUT2D eigenvalue weighted by molar-refractivity contribution is 5.98. The molecule has 3 aromatic carbocycles. The van der Waals surface area contributed by atoms with Crippen LogP contribution in [0.25, 0.3) is 11.3 Å². The molecule has 0 amide bonds. The molecule has 0 saturated heterocycles. The maximum Gasteiger partial charge on any atom is 0.339 e. The summed E-state index contributed by atoms with van der Waals surface area (Å²) in [5.41, 5.74) is 1.76. The molecule has 7 nitrogen and oxygen atoms in total. The van der Waals surface area contributed by atoms with Gasteiger partial charge in [-0.25, -0.2) is 9.78 Å². The van der Waals surface area contributed by atoms with Crippen molar-refractivity contribution >= 4 is 11.8 Å². The van der Waals surface area contributed by atoms with Gasteiger partial charge in [0.2, 0.25) is 0 Å². The molecule has 0 saturated carbocycles. The van der Waals surface area contributed by atoms with Crippen LogP contribution in [0.3, 0.4) is 0 Å². The minimum atomic E-state index is -1.12. The van der Waals surface area contributed by atoms with Crippen molar-refractivity contribution in [1.82, 2.24) is 4.98 Å². The number of benzene rings is 3. The highest BCUT2D eigenvalue weighted by Gasteiger charge is 2.14. The zero-order valence-corrected chi connectivity index (χ0v) is 16.2. The van der Waals surface area contributed by atoms with Crippen molar-refractivity contribution in [2.75, 3.05) is 6.61 Å². The lowest BCUT2D eigenvalue weighted by Crippen LogP contribution is -2.13. The van der Waals surface area contributed by atoms with Crippen molar-refractivity contribution in [1.29, 1.82) is 0 Å². The van der Waals surface area contributed by atoms with E-state index in [-0.39, 0.29) is 23.7 Å². The van der Waals surface area contributed by atoms with E-state index in [0.29, 0.717) is 22.8 Å².